The van der Waals surface area contributed by atoms with Gasteiger partial charge in [-0.25, -0.2) is 9.18 Å². The number of carboxylic acids is 1. The molecule has 0 unspecified atom stereocenters. The number of aromatic carboxylic acids is 1. The number of carboxylic acid groups (broad SMARTS) is 1. The molecule has 4 rings (SSSR count). The summed E-state index contributed by atoms with van der Waals surface area (Å²) in [5.74, 6) is -3.04. The number of nitrogens with one attached hydrogen (secondary N) is 3. The van der Waals surface area contributed by atoms with Gasteiger partial charge in [-0.1, -0.05) is 42.5 Å². The molecule has 0 saturated heterocycles. The highest BCUT2D eigenvalue weighted by atomic mass is 32.2. The summed E-state index contributed by atoms with van der Waals surface area (Å²) < 4.78 is 14.3. The Hall–Kier alpha value is -5.22. The molecule has 0 bridgehead atoms. The molecule has 0 fully saturated rings. The van der Waals surface area contributed by atoms with E-state index in [1.165, 1.54) is 48.2 Å². The lowest BCUT2D eigenvalue weighted by Gasteiger charge is -2.12. The molecule has 0 saturated carbocycles. The fraction of sp³-hybridized carbons (Fsp3) is 0.0625. The Morgan fingerprint density at radius 1 is 0.833 bits per heavy atom. The molecule has 0 heterocycles. The van der Waals surface area contributed by atoms with Crippen LogP contribution in [0.2, 0.25) is 0 Å². The first-order valence-electron chi connectivity index (χ1n) is 12.7. The summed E-state index contributed by atoms with van der Waals surface area (Å²) >= 11 is 1.26. The number of anilines is 2. The van der Waals surface area contributed by atoms with Crippen LogP contribution in [-0.2, 0) is 9.59 Å². The van der Waals surface area contributed by atoms with Gasteiger partial charge in [-0.3, -0.25) is 14.4 Å². The second-order valence-corrected chi connectivity index (χ2v) is 10.1. The number of rotatable bonds is 10. The second-order valence-electron chi connectivity index (χ2n) is 9.05. The van der Waals surface area contributed by atoms with Gasteiger partial charge in [0.15, 0.2) is 0 Å². The van der Waals surface area contributed by atoms with Crippen molar-refractivity contribution in [3.8, 4) is 0 Å². The van der Waals surface area contributed by atoms with Crippen molar-refractivity contribution >= 4 is 52.9 Å². The van der Waals surface area contributed by atoms with E-state index < -0.39 is 23.6 Å². The van der Waals surface area contributed by atoms with Crippen LogP contribution >= 0.6 is 11.8 Å². The molecule has 3 amide bonds. The first-order valence-corrected chi connectivity index (χ1v) is 13.7. The Morgan fingerprint density at radius 2 is 1.52 bits per heavy atom. The Bertz CT molecular complexity index is 1660. The molecule has 0 spiro atoms. The minimum atomic E-state index is -1.08. The van der Waals surface area contributed by atoms with E-state index in [1.807, 2.05) is 0 Å². The van der Waals surface area contributed by atoms with Crippen LogP contribution in [0, 0.1) is 12.7 Å². The van der Waals surface area contributed by atoms with Gasteiger partial charge >= 0.3 is 5.97 Å². The first kappa shape index (κ1) is 29.8. The predicted octanol–water partition coefficient (Wildman–Crippen LogP) is 5.97. The molecule has 42 heavy (non-hydrogen) atoms. The molecule has 4 aromatic carbocycles. The smallest absolute Gasteiger partial charge is 0.335 e. The fourth-order valence-corrected chi connectivity index (χ4v) is 4.45. The van der Waals surface area contributed by atoms with Crippen molar-refractivity contribution in [2.45, 2.75) is 11.8 Å². The predicted molar refractivity (Wildman–Crippen MR) is 161 cm³/mol. The maximum atomic E-state index is 14.3. The van der Waals surface area contributed by atoms with Crippen molar-refractivity contribution in [2.75, 3.05) is 16.4 Å². The molecule has 0 aliphatic rings. The lowest BCUT2D eigenvalue weighted by atomic mass is 10.1. The number of hydrogen-bond acceptors (Lipinski definition) is 5. The number of carbonyl (C=O) groups is 4. The van der Waals surface area contributed by atoms with Crippen LogP contribution in [-0.4, -0.2) is 34.6 Å². The number of amides is 3. The summed E-state index contributed by atoms with van der Waals surface area (Å²) in [7, 11) is 0. The summed E-state index contributed by atoms with van der Waals surface area (Å²) in [6.07, 6.45) is 1.27. The van der Waals surface area contributed by atoms with Crippen LogP contribution in [0.15, 0.2) is 108 Å². The van der Waals surface area contributed by atoms with Crippen LogP contribution in [0.25, 0.3) is 6.08 Å². The highest BCUT2D eigenvalue weighted by Gasteiger charge is 2.16. The van der Waals surface area contributed by atoms with Crippen molar-refractivity contribution < 1.29 is 28.7 Å². The van der Waals surface area contributed by atoms with Crippen LogP contribution in [0.5, 0.6) is 0 Å². The first-order chi connectivity index (χ1) is 20.2. The number of halogens is 1. The minimum Gasteiger partial charge on any atom is -0.478 e. The number of thioether (sulfide) groups is 1. The highest BCUT2D eigenvalue weighted by molar-refractivity contribution is 8.00. The Balaban J connectivity index is 1.40. The fourth-order valence-electron chi connectivity index (χ4n) is 3.75. The number of benzene rings is 4. The number of hydrogen-bond donors (Lipinski definition) is 4. The third-order valence-corrected chi connectivity index (χ3v) is 6.99. The summed E-state index contributed by atoms with van der Waals surface area (Å²) in [6, 6.07) is 25.4. The molecular weight excluding hydrogens is 557 g/mol. The highest BCUT2D eigenvalue weighted by Crippen LogP contribution is 2.23. The zero-order chi connectivity index (χ0) is 30.1. The van der Waals surface area contributed by atoms with Crippen molar-refractivity contribution in [2.24, 2.45) is 0 Å². The monoisotopic (exact) mass is 583 g/mol. The molecule has 0 aromatic heterocycles. The molecule has 0 radical (unpaired) electrons. The van der Waals surface area contributed by atoms with Crippen molar-refractivity contribution in [3.63, 3.8) is 0 Å². The van der Waals surface area contributed by atoms with Crippen LogP contribution < -0.4 is 16.0 Å². The molecule has 10 heteroatoms. The number of carbonyl (C=O) groups excluding carboxylic acids is 3. The van der Waals surface area contributed by atoms with E-state index in [0.717, 1.165) is 10.5 Å². The SMILES string of the molecule is Cc1ccc(C(=O)O)cc1NC(=O)CSc1ccc(NC(=O)/C(=C/c2ccccc2F)NC(=O)c2ccccc2)cc1. The molecule has 212 valence electrons. The summed E-state index contributed by atoms with van der Waals surface area (Å²) in [5, 5.41) is 17.2. The standard InChI is InChI=1S/C32H26FN3O5S/c1-20-11-12-23(32(40)41)18-27(20)35-29(37)19-42-25-15-13-24(14-16-25)34-31(39)28(17-22-9-5-6-10-26(22)33)36-30(38)21-7-3-2-4-8-21/h2-18H,19H2,1H3,(H,34,39)(H,35,37)(H,36,38)(H,40,41)/b28-17-. The van der Waals surface area contributed by atoms with E-state index in [4.69, 9.17) is 0 Å². The van der Waals surface area contributed by atoms with Crippen molar-refractivity contribution in [1.29, 1.82) is 0 Å². The van der Waals surface area contributed by atoms with Gasteiger partial charge in [0.05, 0.1) is 11.3 Å². The van der Waals surface area contributed by atoms with E-state index in [1.54, 1.807) is 73.7 Å². The van der Waals surface area contributed by atoms with E-state index in [2.05, 4.69) is 16.0 Å². The molecule has 4 aromatic rings. The lowest BCUT2D eigenvalue weighted by molar-refractivity contribution is -0.114. The molecule has 4 N–H and O–H groups in total. The number of aryl methyl sites for hydroxylation is 1. The normalized spacial score (nSPS) is 11.0. The Labute approximate surface area is 245 Å². The second kappa shape index (κ2) is 13.9. The van der Waals surface area contributed by atoms with Crippen molar-refractivity contribution in [3.05, 3.63) is 131 Å². The average molecular weight is 584 g/mol. The molecule has 8 nitrogen and oxygen atoms in total. The van der Waals surface area contributed by atoms with Gasteiger partial charge in [-0.2, -0.15) is 0 Å². The van der Waals surface area contributed by atoms with Gasteiger partial charge < -0.3 is 21.1 Å². The quantitative estimate of drug-likeness (QED) is 0.135. The molecule has 0 aliphatic heterocycles. The van der Waals surface area contributed by atoms with Crippen LogP contribution in [0.1, 0.15) is 31.8 Å². The van der Waals surface area contributed by atoms with E-state index in [0.29, 0.717) is 16.9 Å². The molecule has 0 atom stereocenters. The van der Waals surface area contributed by atoms with Gasteiger partial charge in [0, 0.05) is 27.4 Å². The van der Waals surface area contributed by atoms with Gasteiger partial charge in [-0.15, -0.1) is 11.8 Å². The van der Waals surface area contributed by atoms with E-state index >= 15 is 0 Å². The van der Waals surface area contributed by atoms with Gasteiger partial charge in [0.2, 0.25) is 5.91 Å². The van der Waals surface area contributed by atoms with E-state index in [9.17, 15) is 28.7 Å². The van der Waals surface area contributed by atoms with Gasteiger partial charge in [0.1, 0.15) is 11.5 Å². The maximum absolute atomic E-state index is 14.3. The zero-order valence-corrected chi connectivity index (χ0v) is 23.2. The lowest BCUT2D eigenvalue weighted by Crippen LogP contribution is -2.30. The topological polar surface area (TPSA) is 125 Å². The van der Waals surface area contributed by atoms with E-state index in [-0.39, 0.29) is 28.5 Å². The van der Waals surface area contributed by atoms with Crippen LogP contribution in [0.4, 0.5) is 15.8 Å². The maximum Gasteiger partial charge on any atom is 0.335 e. The minimum absolute atomic E-state index is 0.0729. The van der Waals surface area contributed by atoms with Gasteiger partial charge in [-0.05, 0) is 73.2 Å². The zero-order valence-electron chi connectivity index (χ0n) is 22.4. The molecule has 0 aliphatic carbocycles. The van der Waals surface area contributed by atoms with Crippen molar-refractivity contribution in [1.82, 2.24) is 5.32 Å². The molecular formula is C32H26FN3O5S. The van der Waals surface area contributed by atoms with Gasteiger partial charge in [0.25, 0.3) is 11.8 Å². The third-order valence-electron chi connectivity index (χ3n) is 5.97. The third kappa shape index (κ3) is 8.15. The Kier molecular flexibility index (Phi) is 9.85. The van der Waals surface area contributed by atoms with Crippen LogP contribution in [0.3, 0.4) is 0 Å². The summed E-state index contributed by atoms with van der Waals surface area (Å²) in [5.41, 5.74) is 1.98. The summed E-state index contributed by atoms with van der Waals surface area (Å²) in [4.78, 5) is 50.3. The average Bonchev–Trinajstić information content (AvgIpc) is 2.99. The summed E-state index contributed by atoms with van der Waals surface area (Å²) in [6.45, 7) is 1.77. The Morgan fingerprint density at radius 3 is 2.21 bits per heavy atom. The largest absolute Gasteiger partial charge is 0.478 e.